The van der Waals surface area contributed by atoms with Crippen molar-refractivity contribution in [3.63, 3.8) is 0 Å². The largest absolute Gasteiger partial charge is 0.486 e. The summed E-state index contributed by atoms with van der Waals surface area (Å²) in [5.41, 5.74) is 0.496. The molecule has 7 heteroatoms. The normalized spacial score (nSPS) is 18.4. The molecule has 1 aliphatic heterocycles. The number of guanidine groups is 1. The lowest BCUT2D eigenvalue weighted by Crippen LogP contribution is -2.41. The third kappa shape index (κ3) is 6.14. The van der Waals surface area contributed by atoms with E-state index >= 15 is 0 Å². The third-order valence-corrected chi connectivity index (χ3v) is 5.03. The monoisotopic (exact) mass is 489 g/mol. The van der Waals surface area contributed by atoms with E-state index in [1.165, 1.54) is 6.42 Å². The third-order valence-electron chi connectivity index (χ3n) is 5.03. The van der Waals surface area contributed by atoms with E-state index < -0.39 is 5.60 Å². The Balaban J connectivity index is 0.00000261. The maximum Gasteiger partial charge on any atom is 0.194 e. The molecule has 1 aromatic carbocycles. The summed E-state index contributed by atoms with van der Waals surface area (Å²) >= 11 is 0. The lowest BCUT2D eigenvalue weighted by atomic mass is 9.85. The topological polar surface area (TPSA) is 66.3 Å². The summed E-state index contributed by atoms with van der Waals surface area (Å²) in [5.74, 6) is 2.43. The van der Waals surface area contributed by atoms with Gasteiger partial charge in [0.1, 0.15) is 13.2 Å². The number of benzene rings is 1. The molecule has 0 amide bonds. The number of nitrogens with one attached hydrogen (secondary N) is 1. The van der Waals surface area contributed by atoms with Crippen molar-refractivity contribution in [1.82, 2.24) is 10.2 Å². The Hall–Kier alpha value is -1.22. The van der Waals surface area contributed by atoms with E-state index in [4.69, 9.17) is 14.5 Å². The highest BCUT2D eigenvalue weighted by Crippen LogP contribution is 2.31. The molecule has 0 saturated heterocycles. The molecule has 152 valence electrons. The van der Waals surface area contributed by atoms with Crippen LogP contribution in [0.2, 0.25) is 0 Å². The van der Waals surface area contributed by atoms with Gasteiger partial charge in [0.25, 0.3) is 0 Å². The van der Waals surface area contributed by atoms with Crippen molar-refractivity contribution in [3.8, 4) is 11.5 Å². The number of aliphatic imine (C=N–C) groups is 1. The Labute approximate surface area is 179 Å². The molecule has 0 radical (unpaired) electrons. The first-order valence-corrected chi connectivity index (χ1v) is 9.70. The predicted molar refractivity (Wildman–Crippen MR) is 118 cm³/mol. The van der Waals surface area contributed by atoms with Crippen LogP contribution in [0.4, 0.5) is 0 Å². The first-order valence-electron chi connectivity index (χ1n) is 9.70. The average Bonchev–Trinajstić information content (AvgIpc) is 2.65. The van der Waals surface area contributed by atoms with Crippen molar-refractivity contribution in [2.24, 2.45) is 4.99 Å². The SMILES string of the molecule is CCNC(=NCC1(O)CCCCC1)N(C)Cc1ccc2c(c1)OCCO2.I. The van der Waals surface area contributed by atoms with Crippen molar-refractivity contribution in [2.45, 2.75) is 51.2 Å². The fourth-order valence-corrected chi connectivity index (χ4v) is 3.59. The van der Waals surface area contributed by atoms with Gasteiger partial charge in [-0.15, -0.1) is 24.0 Å². The van der Waals surface area contributed by atoms with Crippen LogP contribution in [0.1, 0.15) is 44.6 Å². The number of hydrogen-bond donors (Lipinski definition) is 2. The maximum absolute atomic E-state index is 10.7. The van der Waals surface area contributed by atoms with Gasteiger partial charge in [-0.25, -0.2) is 0 Å². The van der Waals surface area contributed by atoms with Crippen LogP contribution in [-0.4, -0.2) is 54.9 Å². The highest BCUT2D eigenvalue weighted by Gasteiger charge is 2.29. The van der Waals surface area contributed by atoms with E-state index in [9.17, 15) is 5.11 Å². The molecule has 0 spiro atoms. The summed E-state index contributed by atoms with van der Waals surface area (Å²) < 4.78 is 11.3. The number of hydrogen-bond acceptors (Lipinski definition) is 4. The van der Waals surface area contributed by atoms with Gasteiger partial charge in [-0.3, -0.25) is 4.99 Å². The summed E-state index contributed by atoms with van der Waals surface area (Å²) in [5, 5.41) is 14.0. The van der Waals surface area contributed by atoms with E-state index in [2.05, 4.69) is 23.2 Å². The minimum Gasteiger partial charge on any atom is -0.486 e. The first kappa shape index (κ1) is 22.1. The molecule has 0 bridgehead atoms. The highest BCUT2D eigenvalue weighted by molar-refractivity contribution is 14.0. The molecule has 2 N–H and O–H groups in total. The minimum atomic E-state index is -0.642. The van der Waals surface area contributed by atoms with Crippen LogP contribution in [0.15, 0.2) is 23.2 Å². The zero-order valence-electron chi connectivity index (χ0n) is 16.4. The smallest absolute Gasteiger partial charge is 0.194 e. The number of aliphatic hydroxyl groups is 1. The van der Waals surface area contributed by atoms with E-state index in [1.807, 2.05) is 19.2 Å². The predicted octanol–water partition coefficient (Wildman–Crippen LogP) is 3.17. The average molecular weight is 489 g/mol. The molecular weight excluding hydrogens is 457 g/mol. The van der Waals surface area contributed by atoms with Gasteiger partial charge in [-0.1, -0.05) is 25.3 Å². The van der Waals surface area contributed by atoms with Gasteiger partial charge in [0.2, 0.25) is 0 Å². The molecule has 1 saturated carbocycles. The Morgan fingerprint density at radius 2 is 1.89 bits per heavy atom. The van der Waals surface area contributed by atoms with Crippen molar-refractivity contribution in [3.05, 3.63) is 23.8 Å². The van der Waals surface area contributed by atoms with Gasteiger partial charge in [-0.05, 0) is 37.5 Å². The van der Waals surface area contributed by atoms with E-state index in [0.29, 0.717) is 26.3 Å². The minimum absolute atomic E-state index is 0. The van der Waals surface area contributed by atoms with Crippen LogP contribution >= 0.6 is 24.0 Å². The van der Waals surface area contributed by atoms with Crippen molar-refractivity contribution in [1.29, 1.82) is 0 Å². The molecule has 2 aliphatic rings. The maximum atomic E-state index is 10.7. The summed E-state index contributed by atoms with van der Waals surface area (Å²) in [7, 11) is 2.02. The van der Waals surface area contributed by atoms with Gasteiger partial charge >= 0.3 is 0 Å². The molecule has 1 aliphatic carbocycles. The number of halogens is 1. The lowest BCUT2D eigenvalue weighted by Gasteiger charge is -2.31. The van der Waals surface area contributed by atoms with Crippen LogP contribution in [0.25, 0.3) is 0 Å². The zero-order valence-corrected chi connectivity index (χ0v) is 18.7. The first-order chi connectivity index (χ1) is 12.6. The molecule has 27 heavy (non-hydrogen) atoms. The van der Waals surface area contributed by atoms with Crippen molar-refractivity contribution < 1.29 is 14.6 Å². The fourth-order valence-electron chi connectivity index (χ4n) is 3.59. The van der Waals surface area contributed by atoms with Gasteiger partial charge in [0.05, 0.1) is 12.1 Å². The molecule has 1 heterocycles. The van der Waals surface area contributed by atoms with Gasteiger partial charge in [-0.2, -0.15) is 0 Å². The van der Waals surface area contributed by atoms with Crippen LogP contribution < -0.4 is 14.8 Å². The molecule has 3 rings (SSSR count). The van der Waals surface area contributed by atoms with Gasteiger partial charge < -0.3 is 24.8 Å². The van der Waals surface area contributed by atoms with E-state index in [0.717, 1.165) is 55.3 Å². The van der Waals surface area contributed by atoms with E-state index in [-0.39, 0.29) is 24.0 Å². The standard InChI is InChI=1S/C20H31N3O3.HI/c1-3-21-19(22-15-20(24)9-5-4-6-10-20)23(2)14-16-7-8-17-18(13-16)26-12-11-25-17;/h7-8,13,24H,3-6,9-12,14-15H2,1-2H3,(H,21,22);1H. The quantitative estimate of drug-likeness (QED) is 0.378. The summed E-state index contributed by atoms with van der Waals surface area (Å²) in [6.07, 6.45) is 5.10. The number of ether oxygens (including phenoxy) is 2. The summed E-state index contributed by atoms with van der Waals surface area (Å²) in [4.78, 5) is 6.80. The molecule has 0 atom stereocenters. The second-order valence-corrected chi connectivity index (χ2v) is 7.29. The number of fused-ring (bicyclic) bond motifs is 1. The Kier molecular flexibility index (Phi) is 8.47. The molecule has 0 unspecified atom stereocenters. The molecule has 1 aromatic rings. The second-order valence-electron chi connectivity index (χ2n) is 7.29. The molecule has 0 aromatic heterocycles. The zero-order chi connectivity index (χ0) is 18.4. The Bertz CT molecular complexity index is 633. The Morgan fingerprint density at radius 1 is 1.19 bits per heavy atom. The second kappa shape index (κ2) is 10.4. The van der Waals surface area contributed by atoms with Crippen molar-refractivity contribution in [2.75, 3.05) is 33.4 Å². The van der Waals surface area contributed by atoms with Gasteiger partial charge in [0, 0.05) is 20.1 Å². The molecular formula is C20H32IN3O3. The van der Waals surface area contributed by atoms with E-state index in [1.54, 1.807) is 0 Å². The lowest BCUT2D eigenvalue weighted by molar-refractivity contribution is 0.0130. The van der Waals surface area contributed by atoms with Crippen LogP contribution in [-0.2, 0) is 6.54 Å². The summed E-state index contributed by atoms with van der Waals surface area (Å²) in [6, 6.07) is 6.05. The fraction of sp³-hybridized carbons (Fsp3) is 0.650. The Morgan fingerprint density at radius 3 is 2.59 bits per heavy atom. The highest BCUT2D eigenvalue weighted by atomic mass is 127. The number of nitrogens with zero attached hydrogens (tertiary/aromatic N) is 2. The summed E-state index contributed by atoms with van der Waals surface area (Å²) in [6.45, 7) is 5.22. The molecule has 1 fully saturated rings. The van der Waals surface area contributed by atoms with Crippen LogP contribution in [0, 0.1) is 0 Å². The van der Waals surface area contributed by atoms with Gasteiger partial charge in [0.15, 0.2) is 17.5 Å². The number of rotatable bonds is 5. The van der Waals surface area contributed by atoms with Crippen LogP contribution in [0.5, 0.6) is 11.5 Å². The van der Waals surface area contributed by atoms with Crippen LogP contribution in [0.3, 0.4) is 0 Å². The molecule has 6 nitrogen and oxygen atoms in total. The van der Waals surface area contributed by atoms with Crippen molar-refractivity contribution >= 4 is 29.9 Å².